The highest BCUT2D eigenvalue weighted by Gasteiger charge is 2.15. The molecular formula is C11H13N3O5. The van der Waals surface area contributed by atoms with Crippen LogP contribution in [0.4, 0.5) is 5.82 Å². The lowest BCUT2D eigenvalue weighted by atomic mass is 10.3. The second kappa shape index (κ2) is 7.04. The van der Waals surface area contributed by atoms with E-state index in [4.69, 9.17) is 5.11 Å². The molecule has 0 radical (unpaired) electrons. The molecule has 1 rings (SSSR count). The van der Waals surface area contributed by atoms with Crippen LogP contribution in [0.2, 0.25) is 0 Å². The number of nitrogens with one attached hydrogen (secondary N) is 1. The van der Waals surface area contributed by atoms with Crippen LogP contribution in [0.25, 0.3) is 0 Å². The van der Waals surface area contributed by atoms with Crippen LogP contribution in [0.3, 0.4) is 0 Å². The van der Waals surface area contributed by atoms with Crippen LogP contribution >= 0.6 is 0 Å². The molecule has 0 aliphatic rings. The third-order valence-corrected chi connectivity index (χ3v) is 2.02. The first kappa shape index (κ1) is 14.6. The van der Waals surface area contributed by atoms with Crippen molar-refractivity contribution in [2.24, 2.45) is 0 Å². The van der Waals surface area contributed by atoms with Crippen molar-refractivity contribution in [2.75, 3.05) is 11.9 Å². The van der Waals surface area contributed by atoms with Crippen molar-refractivity contribution in [3.8, 4) is 0 Å². The van der Waals surface area contributed by atoms with Crippen LogP contribution < -0.4 is 5.32 Å². The fourth-order valence-electron chi connectivity index (χ4n) is 1.23. The summed E-state index contributed by atoms with van der Waals surface area (Å²) in [5.74, 6) is -2.47. The molecule has 0 atom stereocenters. The van der Waals surface area contributed by atoms with Crippen LogP contribution in [0.5, 0.6) is 0 Å². The molecule has 0 fully saturated rings. The zero-order valence-electron chi connectivity index (χ0n) is 10.3. The minimum atomic E-state index is -1.30. The van der Waals surface area contributed by atoms with Gasteiger partial charge >= 0.3 is 11.9 Å². The molecule has 19 heavy (non-hydrogen) atoms. The summed E-state index contributed by atoms with van der Waals surface area (Å²) in [5, 5.41) is 11.1. The van der Waals surface area contributed by atoms with E-state index in [0.29, 0.717) is 0 Å². The predicted molar refractivity (Wildman–Crippen MR) is 63.5 cm³/mol. The van der Waals surface area contributed by atoms with Crippen molar-refractivity contribution >= 4 is 23.7 Å². The van der Waals surface area contributed by atoms with Crippen molar-refractivity contribution in [1.29, 1.82) is 0 Å². The average molecular weight is 267 g/mol. The molecule has 0 bridgehead atoms. The van der Waals surface area contributed by atoms with Gasteiger partial charge < -0.3 is 15.2 Å². The predicted octanol–water partition coefficient (Wildman–Crippen LogP) is 0.457. The van der Waals surface area contributed by atoms with Gasteiger partial charge in [-0.05, 0) is 6.92 Å². The van der Waals surface area contributed by atoms with Gasteiger partial charge in [-0.25, -0.2) is 14.8 Å². The molecule has 8 heteroatoms. The first-order chi connectivity index (χ1) is 9.04. The van der Waals surface area contributed by atoms with Crippen molar-refractivity contribution in [3.63, 3.8) is 0 Å². The molecule has 0 unspecified atom stereocenters. The maximum atomic E-state index is 11.5. The topological polar surface area (TPSA) is 118 Å². The second-order valence-electron chi connectivity index (χ2n) is 3.41. The number of ether oxygens (including phenoxy) is 1. The summed E-state index contributed by atoms with van der Waals surface area (Å²) in [6.07, 6.45) is 2.27. The van der Waals surface area contributed by atoms with Gasteiger partial charge in [0.15, 0.2) is 11.5 Å². The lowest BCUT2D eigenvalue weighted by Crippen LogP contribution is -2.18. The number of hydrogen-bond acceptors (Lipinski definition) is 6. The Bertz CT molecular complexity index is 489. The van der Waals surface area contributed by atoms with Gasteiger partial charge in [-0.2, -0.15) is 0 Å². The maximum absolute atomic E-state index is 11.5. The first-order valence-electron chi connectivity index (χ1n) is 5.54. The Morgan fingerprint density at radius 2 is 1.95 bits per heavy atom. The van der Waals surface area contributed by atoms with Crippen LogP contribution in [-0.4, -0.2) is 39.5 Å². The fraction of sp³-hybridized carbons (Fsp3) is 0.364. The molecule has 1 aromatic rings. The highest BCUT2D eigenvalue weighted by Crippen LogP contribution is 2.09. The number of hydrogen-bond donors (Lipinski definition) is 2. The fourth-order valence-corrected chi connectivity index (χ4v) is 1.23. The van der Waals surface area contributed by atoms with E-state index in [2.05, 4.69) is 20.0 Å². The smallest absolute Gasteiger partial charge is 0.358 e. The zero-order chi connectivity index (χ0) is 14.3. The molecule has 102 valence electrons. The standard InChI is InChI=1S/C11H13N3O5/c1-2-19-8(16)4-3-7(15)14-10-9(11(17)18)12-5-6-13-10/h5-6H,2-4H2,1H3,(H,17,18)(H,13,14,15). The van der Waals surface area contributed by atoms with Gasteiger partial charge in [-0.1, -0.05) is 0 Å². The summed E-state index contributed by atoms with van der Waals surface area (Å²) in [4.78, 5) is 40.7. The van der Waals surface area contributed by atoms with Gasteiger partial charge in [0.05, 0.1) is 13.0 Å². The molecule has 1 heterocycles. The molecule has 0 aromatic carbocycles. The van der Waals surface area contributed by atoms with Gasteiger partial charge in [0, 0.05) is 18.8 Å². The molecule has 1 amide bonds. The number of anilines is 1. The minimum absolute atomic E-state index is 0.0810. The number of aromatic carboxylic acids is 1. The third-order valence-electron chi connectivity index (χ3n) is 2.02. The van der Waals surface area contributed by atoms with Gasteiger partial charge in [-0.3, -0.25) is 9.59 Å². The van der Waals surface area contributed by atoms with E-state index in [1.165, 1.54) is 12.4 Å². The molecule has 1 aromatic heterocycles. The molecule has 0 aliphatic heterocycles. The number of aromatic nitrogens is 2. The Morgan fingerprint density at radius 3 is 2.58 bits per heavy atom. The van der Waals surface area contributed by atoms with Crippen LogP contribution in [-0.2, 0) is 14.3 Å². The van der Waals surface area contributed by atoms with E-state index in [1.54, 1.807) is 6.92 Å². The second-order valence-corrected chi connectivity index (χ2v) is 3.41. The summed E-state index contributed by atoms with van der Waals surface area (Å²) in [5.41, 5.74) is -0.355. The molecule has 0 saturated carbocycles. The van der Waals surface area contributed by atoms with E-state index < -0.39 is 17.8 Å². The molecular weight excluding hydrogens is 254 g/mol. The first-order valence-corrected chi connectivity index (χ1v) is 5.54. The lowest BCUT2D eigenvalue weighted by molar-refractivity contribution is -0.144. The maximum Gasteiger partial charge on any atom is 0.358 e. The average Bonchev–Trinajstić information content (AvgIpc) is 2.37. The molecule has 2 N–H and O–H groups in total. The summed E-state index contributed by atoms with van der Waals surface area (Å²) in [6.45, 7) is 1.91. The summed E-state index contributed by atoms with van der Waals surface area (Å²) >= 11 is 0. The largest absolute Gasteiger partial charge is 0.476 e. The van der Waals surface area contributed by atoms with Crippen molar-refractivity contribution in [3.05, 3.63) is 18.1 Å². The number of amides is 1. The number of carbonyl (C=O) groups excluding carboxylic acids is 2. The van der Waals surface area contributed by atoms with Crippen molar-refractivity contribution in [2.45, 2.75) is 19.8 Å². The third kappa shape index (κ3) is 4.70. The quantitative estimate of drug-likeness (QED) is 0.718. The van der Waals surface area contributed by atoms with Gasteiger partial charge in [-0.15, -0.1) is 0 Å². The Morgan fingerprint density at radius 1 is 1.26 bits per heavy atom. The monoisotopic (exact) mass is 267 g/mol. The van der Waals surface area contributed by atoms with Gasteiger partial charge in [0.2, 0.25) is 5.91 Å². The number of carbonyl (C=O) groups is 3. The normalized spacial score (nSPS) is 9.74. The Kier molecular flexibility index (Phi) is 5.39. The van der Waals surface area contributed by atoms with Crippen molar-refractivity contribution in [1.82, 2.24) is 9.97 Å². The highest BCUT2D eigenvalue weighted by molar-refractivity contribution is 5.98. The molecule has 8 nitrogen and oxygen atoms in total. The Balaban J connectivity index is 2.58. The van der Waals surface area contributed by atoms with E-state index in [-0.39, 0.29) is 31.0 Å². The molecule has 0 aliphatic carbocycles. The van der Waals surface area contributed by atoms with Crippen LogP contribution in [0, 0.1) is 0 Å². The Hall–Kier alpha value is -2.51. The van der Waals surface area contributed by atoms with E-state index >= 15 is 0 Å². The van der Waals surface area contributed by atoms with Gasteiger partial charge in [0.1, 0.15) is 0 Å². The van der Waals surface area contributed by atoms with Gasteiger partial charge in [0.25, 0.3) is 0 Å². The summed E-state index contributed by atoms with van der Waals surface area (Å²) in [7, 11) is 0. The highest BCUT2D eigenvalue weighted by atomic mass is 16.5. The minimum Gasteiger partial charge on any atom is -0.476 e. The lowest BCUT2D eigenvalue weighted by Gasteiger charge is -2.06. The van der Waals surface area contributed by atoms with E-state index in [1.807, 2.05) is 0 Å². The molecule has 0 saturated heterocycles. The number of rotatable bonds is 6. The Labute approximate surface area is 108 Å². The number of esters is 1. The number of nitrogens with zero attached hydrogens (tertiary/aromatic N) is 2. The van der Waals surface area contributed by atoms with Crippen LogP contribution in [0.1, 0.15) is 30.3 Å². The summed E-state index contributed by atoms with van der Waals surface area (Å²) < 4.78 is 4.66. The molecule has 0 spiro atoms. The van der Waals surface area contributed by atoms with Crippen molar-refractivity contribution < 1.29 is 24.2 Å². The number of carboxylic acid groups (broad SMARTS) is 1. The SMILES string of the molecule is CCOC(=O)CCC(=O)Nc1nccnc1C(=O)O. The van der Waals surface area contributed by atoms with E-state index in [0.717, 1.165) is 0 Å². The van der Waals surface area contributed by atoms with E-state index in [9.17, 15) is 14.4 Å². The summed E-state index contributed by atoms with van der Waals surface area (Å²) in [6, 6.07) is 0. The van der Waals surface area contributed by atoms with Crippen LogP contribution in [0.15, 0.2) is 12.4 Å². The number of carboxylic acids is 1. The zero-order valence-corrected chi connectivity index (χ0v) is 10.3.